The van der Waals surface area contributed by atoms with Crippen LogP contribution in [-0.2, 0) is 9.53 Å². The number of likely N-dealkylation sites (tertiary alicyclic amines) is 1. The highest BCUT2D eigenvalue weighted by Crippen LogP contribution is 2.34. The van der Waals surface area contributed by atoms with E-state index in [-0.39, 0.29) is 18.5 Å². The number of halogens is 2. The van der Waals surface area contributed by atoms with E-state index in [0.29, 0.717) is 17.6 Å². The van der Waals surface area contributed by atoms with Crippen LogP contribution in [-0.4, -0.2) is 41.3 Å². The van der Waals surface area contributed by atoms with Gasteiger partial charge in [-0.25, -0.2) is 9.18 Å². The minimum absolute atomic E-state index is 0.133. The fourth-order valence-electron chi connectivity index (χ4n) is 2.40. The summed E-state index contributed by atoms with van der Waals surface area (Å²) in [5, 5.41) is 8.63. The normalized spacial score (nSPS) is 19.4. The highest BCUT2D eigenvalue weighted by molar-refractivity contribution is 9.10. The highest BCUT2D eigenvalue weighted by atomic mass is 79.9. The van der Waals surface area contributed by atoms with E-state index in [0.717, 1.165) is 5.56 Å². The molecule has 0 aromatic heterocycles. The van der Waals surface area contributed by atoms with Crippen molar-refractivity contribution in [2.75, 3.05) is 19.7 Å². The molecular formula is C14H17BrFNO3. The molecule has 1 N–H and O–H groups in total. The molecule has 1 aliphatic rings. The Morgan fingerprint density at radius 3 is 2.80 bits per heavy atom. The SMILES string of the molecule is CC(c1ccc(F)c(Br)c1)N1CC(C)(OCC(=O)O)C1. The van der Waals surface area contributed by atoms with Gasteiger partial charge in [0.25, 0.3) is 0 Å². The first-order valence-corrected chi connectivity index (χ1v) is 7.15. The Bertz CT molecular complexity index is 517. The van der Waals surface area contributed by atoms with E-state index in [1.807, 2.05) is 13.8 Å². The predicted molar refractivity (Wildman–Crippen MR) is 76.1 cm³/mol. The van der Waals surface area contributed by atoms with E-state index in [9.17, 15) is 9.18 Å². The number of carboxylic acids is 1. The van der Waals surface area contributed by atoms with Crippen LogP contribution in [0.1, 0.15) is 25.5 Å². The minimum atomic E-state index is -0.958. The van der Waals surface area contributed by atoms with Crippen molar-refractivity contribution in [1.29, 1.82) is 0 Å². The van der Waals surface area contributed by atoms with Crippen LogP contribution in [0, 0.1) is 5.82 Å². The second kappa shape index (κ2) is 5.79. The summed E-state index contributed by atoms with van der Waals surface area (Å²) in [7, 11) is 0. The molecule has 1 aromatic carbocycles. The molecule has 0 radical (unpaired) electrons. The van der Waals surface area contributed by atoms with Gasteiger partial charge in [-0.15, -0.1) is 0 Å². The fraction of sp³-hybridized carbons (Fsp3) is 0.500. The lowest BCUT2D eigenvalue weighted by atomic mass is 9.92. The minimum Gasteiger partial charge on any atom is -0.480 e. The molecule has 0 bridgehead atoms. The third-order valence-corrected chi connectivity index (χ3v) is 4.20. The van der Waals surface area contributed by atoms with E-state index in [1.54, 1.807) is 12.1 Å². The number of aliphatic carboxylic acids is 1. The summed E-state index contributed by atoms with van der Waals surface area (Å²) >= 11 is 3.18. The fourth-order valence-corrected chi connectivity index (χ4v) is 2.79. The Morgan fingerprint density at radius 1 is 1.60 bits per heavy atom. The van der Waals surface area contributed by atoms with Gasteiger partial charge in [0, 0.05) is 19.1 Å². The maximum absolute atomic E-state index is 13.2. The van der Waals surface area contributed by atoms with Crippen molar-refractivity contribution in [1.82, 2.24) is 4.90 Å². The van der Waals surface area contributed by atoms with Gasteiger partial charge in [0.1, 0.15) is 12.4 Å². The highest BCUT2D eigenvalue weighted by Gasteiger charge is 2.42. The van der Waals surface area contributed by atoms with Crippen LogP contribution in [0.15, 0.2) is 22.7 Å². The van der Waals surface area contributed by atoms with Crippen LogP contribution in [0.2, 0.25) is 0 Å². The monoisotopic (exact) mass is 345 g/mol. The first kappa shape index (κ1) is 15.4. The molecule has 1 unspecified atom stereocenters. The van der Waals surface area contributed by atoms with Crippen LogP contribution in [0.5, 0.6) is 0 Å². The van der Waals surface area contributed by atoms with Crippen LogP contribution < -0.4 is 0 Å². The topological polar surface area (TPSA) is 49.8 Å². The van der Waals surface area contributed by atoms with Gasteiger partial charge in [-0.1, -0.05) is 6.07 Å². The maximum Gasteiger partial charge on any atom is 0.329 e. The number of nitrogens with zero attached hydrogens (tertiary/aromatic N) is 1. The second-order valence-electron chi connectivity index (χ2n) is 5.39. The van der Waals surface area contributed by atoms with Crippen molar-refractivity contribution in [2.45, 2.75) is 25.5 Å². The third kappa shape index (κ3) is 3.37. The Balaban J connectivity index is 1.94. The van der Waals surface area contributed by atoms with E-state index < -0.39 is 11.6 Å². The standard InChI is InChI=1S/C14H17BrFNO3/c1-9(10-3-4-12(16)11(15)5-10)17-7-14(2,8-17)20-6-13(18)19/h3-5,9H,6-8H2,1-2H3,(H,18,19). The number of ether oxygens (including phenoxy) is 1. The Morgan fingerprint density at radius 2 is 2.25 bits per heavy atom. The van der Waals surface area contributed by atoms with E-state index in [1.165, 1.54) is 6.07 Å². The quantitative estimate of drug-likeness (QED) is 0.891. The molecule has 20 heavy (non-hydrogen) atoms. The van der Waals surface area contributed by atoms with Gasteiger partial charge in [0.2, 0.25) is 0 Å². The van der Waals surface area contributed by atoms with E-state index >= 15 is 0 Å². The third-order valence-electron chi connectivity index (χ3n) is 3.59. The van der Waals surface area contributed by atoms with Gasteiger partial charge >= 0.3 is 5.97 Å². The molecular weight excluding hydrogens is 329 g/mol. The van der Waals surface area contributed by atoms with Crippen LogP contribution in [0.25, 0.3) is 0 Å². The van der Waals surface area contributed by atoms with Crippen molar-refractivity contribution < 1.29 is 19.0 Å². The molecule has 0 amide bonds. The van der Waals surface area contributed by atoms with Gasteiger partial charge in [0.15, 0.2) is 0 Å². The Kier molecular flexibility index (Phi) is 4.46. The lowest BCUT2D eigenvalue weighted by molar-refractivity contribution is -0.169. The Labute approximate surface area is 125 Å². The molecule has 2 rings (SSSR count). The molecule has 0 spiro atoms. The van der Waals surface area contributed by atoms with Gasteiger partial charge in [0.05, 0.1) is 10.1 Å². The summed E-state index contributed by atoms with van der Waals surface area (Å²) in [5.41, 5.74) is 0.600. The zero-order valence-electron chi connectivity index (χ0n) is 11.4. The molecule has 1 saturated heterocycles. The Hall–Kier alpha value is -0.980. The summed E-state index contributed by atoms with van der Waals surface area (Å²) in [6, 6.07) is 5.11. The molecule has 1 aliphatic heterocycles. The average Bonchev–Trinajstić information content (AvgIpc) is 2.35. The van der Waals surface area contributed by atoms with Crippen molar-refractivity contribution in [3.05, 3.63) is 34.1 Å². The number of carboxylic acid groups (broad SMARTS) is 1. The van der Waals surface area contributed by atoms with E-state index in [2.05, 4.69) is 20.8 Å². The maximum atomic E-state index is 13.2. The van der Waals surface area contributed by atoms with Gasteiger partial charge in [-0.05, 0) is 47.5 Å². The van der Waals surface area contributed by atoms with E-state index in [4.69, 9.17) is 9.84 Å². The first-order chi connectivity index (χ1) is 9.31. The van der Waals surface area contributed by atoms with Crippen molar-refractivity contribution in [3.63, 3.8) is 0 Å². The van der Waals surface area contributed by atoms with Crippen molar-refractivity contribution in [2.24, 2.45) is 0 Å². The average molecular weight is 346 g/mol. The summed E-state index contributed by atoms with van der Waals surface area (Å²) < 4.78 is 19.0. The molecule has 0 aliphatic carbocycles. The first-order valence-electron chi connectivity index (χ1n) is 6.35. The zero-order chi connectivity index (χ0) is 14.9. The molecule has 1 atom stereocenters. The second-order valence-corrected chi connectivity index (χ2v) is 6.24. The number of rotatable bonds is 5. The lowest BCUT2D eigenvalue weighted by Crippen LogP contribution is -2.62. The van der Waals surface area contributed by atoms with Gasteiger partial charge in [-0.2, -0.15) is 0 Å². The molecule has 1 fully saturated rings. The zero-order valence-corrected chi connectivity index (χ0v) is 13.0. The molecule has 0 saturated carbocycles. The summed E-state index contributed by atoms with van der Waals surface area (Å²) in [5.74, 6) is -1.24. The number of carbonyl (C=O) groups is 1. The largest absolute Gasteiger partial charge is 0.480 e. The summed E-state index contributed by atoms with van der Waals surface area (Å²) in [6.45, 7) is 4.99. The van der Waals surface area contributed by atoms with Crippen molar-refractivity contribution in [3.8, 4) is 0 Å². The number of hydrogen-bond acceptors (Lipinski definition) is 3. The molecule has 1 aromatic rings. The molecule has 1 heterocycles. The van der Waals surface area contributed by atoms with Gasteiger partial charge < -0.3 is 9.84 Å². The number of hydrogen-bond donors (Lipinski definition) is 1. The van der Waals surface area contributed by atoms with Gasteiger partial charge in [-0.3, -0.25) is 4.90 Å². The lowest BCUT2D eigenvalue weighted by Gasteiger charge is -2.50. The summed E-state index contributed by atoms with van der Waals surface area (Å²) in [4.78, 5) is 12.7. The predicted octanol–water partition coefficient (Wildman–Crippen LogP) is 2.82. The molecule has 110 valence electrons. The smallest absolute Gasteiger partial charge is 0.329 e. The van der Waals surface area contributed by atoms with Crippen molar-refractivity contribution >= 4 is 21.9 Å². The molecule has 4 nitrogen and oxygen atoms in total. The van der Waals surface area contributed by atoms with Crippen LogP contribution >= 0.6 is 15.9 Å². The number of benzene rings is 1. The van der Waals surface area contributed by atoms with Crippen LogP contribution in [0.3, 0.4) is 0 Å². The summed E-state index contributed by atoms with van der Waals surface area (Å²) in [6.07, 6.45) is 0. The molecule has 6 heteroatoms. The van der Waals surface area contributed by atoms with Crippen LogP contribution in [0.4, 0.5) is 4.39 Å².